The first-order valence-corrected chi connectivity index (χ1v) is 12.5. The van der Waals surface area contributed by atoms with Gasteiger partial charge in [-0.2, -0.15) is 4.31 Å². The van der Waals surface area contributed by atoms with Crippen LogP contribution in [0.4, 0.5) is 0 Å². The van der Waals surface area contributed by atoms with Gasteiger partial charge >= 0.3 is 5.97 Å². The van der Waals surface area contributed by atoms with Gasteiger partial charge in [-0.3, -0.25) is 9.59 Å². The fraction of sp³-hybridized carbons (Fsp3) is 0.391. The lowest BCUT2D eigenvalue weighted by atomic mass is 9.99. The van der Waals surface area contributed by atoms with Crippen LogP contribution < -0.4 is 5.32 Å². The molecule has 170 valence electrons. The zero-order valence-electron chi connectivity index (χ0n) is 17.4. The number of ether oxygens (including phenoxy) is 1. The zero-order chi connectivity index (χ0) is 22.7. The van der Waals surface area contributed by atoms with Crippen LogP contribution in [0.3, 0.4) is 0 Å². The highest BCUT2D eigenvalue weighted by atomic mass is 35.5. The lowest BCUT2D eigenvalue weighted by molar-refractivity contribution is -0.161. The van der Waals surface area contributed by atoms with E-state index in [0.29, 0.717) is 30.0 Å². The van der Waals surface area contributed by atoms with Crippen LogP contribution in [-0.2, 0) is 24.3 Å². The molecular formula is C23H25ClN2O5S. The highest BCUT2D eigenvalue weighted by Gasteiger charge is 2.37. The van der Waals surface area contributed by atoms with Crippen LogP contribution >= 0.6 is 11.6 Å². The van der Waals surface area contributed by atoms with Crippen molar-refractivity contribution in [2.75, 3.05) is 13.1 Å². The van der Waals surface area contributed by atoms with Crippen LogP contribution in [0.1, 0.15) is 37.4 Å². The normalized spacial score (nSPS) is 20.3. The third-order valence-electron chi connectivity index (χ3n) is 5.67. The Bertz CT molecular complexity index is 1070. The second-order valence-electron chi connectivity index (χ2n) is 8.17. The van der Waals surface area contributed by atoms with E-state index in [-0.39, 0.29) is 23.4 Å². The number of hydrogen-bond acceptors (Lipinski definition) is 5. The van der Waals surface area contributed by atoms with Crippen molar-refractivity contribution >= 4 is 33.5 Å². The van der Waals surface area contributed by atoms with Crippen molar-refractivity contribution in [3.8, 4) is 0 Å². The largest absolute Gasteiger partial charge is 0.447 e. The van der Waals surface area contributed by atoms with Gasteiger partial charge in [-0.15, -0.1) is 0 Å². The number of esters is 1. The van der Waals surface area contributed by atoms with E-state index in [1.165, 1.54) is 28.6 Å². The van der Waals surface area contributed by atoms with E-state index in [0.717, 1.165) is 12.8 Å². The van der Waals surface area contributed by atoms with Crippen molar-refractivity contribution in [3.05, 3.63) is 65.2 Å². The van der Waals surface area contributed by atoms with Gasteiger partial charge in [0, 0.05) is 29.7 Å². The number of nitrogens with one attached hydrogen (secondary N) is 1. The van der Waals surface area contributed by atoms with Crippen molar-refractivity contribution in [2.24, 2.45) is 5.92 Å². The van der Waals surface area contributed by atoms with Gasteiger partial charge in [-0.05, 0) is 49.9 Å². The molecule has 2 atom stereocenters. The first-order chi connectivity index (χ1) is 15.3. The Morgan fingerprint density at radius 3 is 2.38 bits per heavy atom. The molecule has 7 nitrogen and oxygen atoms in total. The van der Waals surface area contributed by atoms with E-state index >= 15 is 0 Å². The first-order valence-electron chi connectivity index (χ1n) is 10.7. The molecule has 2 aliphatic rings. The molecule has 2 unspecified atom stereocenters. The second-order valence-corrected chi connectivity index (χ2v) is 10.5. The number of rotatable bonds is 7. The molecule has 1 saturated carbocycles. The molecule has 1 amide bonds. The molecule has 2 aromatic carbocycles. The number of sulfonamides is 1. The Balaban J connectivity index is 1.47. The van der Waals surface area contributed by atoms with Crippen molar-refractivity contribution in [2.45, 2.75) is 42.7 Å². The van der Waals surface area contributed by atoms with Gasteiger partial charge in [-0.1, -0.05) is 41.9 Å². The standard InChI is InChI=1S/C23H25ClN2O5S/c24-18-8-12-20(13-9-18)32(29,30)26-14-4-7-17(15-26)23(28)31-21(16-5-2-1-3-6-16)22(27)25-19-10-11-19/h1-3,5-6,8-9,12-13,17,19,21H,4,7,10-11,14-15H2,(H,25,27). The Morgan fingerprint density at radius 1 is 1.03 bits per heavy atom. The molecular weight excluding hydrogens is 452 g/mol. The third kappa shape index (κ3) is 5.31. The maximum absolute atomic E-state index is 13.0. The van der Waals surface area contributed by atoms with Crippen LogP contribution in [-0.4, -0.2) is 43.7 Å². The molecule has 0 aromatic heterocycles. The fourth-order valence-electron chi connectivity index (χ4n) is 3.73. The van der Waals surface area contributed by atoms with Crippen LogP contribution in [0.5, 0.6) is 0 Å². The number of halogens is 1. The summed E-state index contributed by atoms with van der Waals surface area (Å²) in [5, 5.41) is 3.33. The molecule has 0 bridgehead atoms. The number of piperidine rings is 1. The van der Waals surface area contributed by atoms with E-state index in [1.54, 1.807) is 24.3 Å². The minimum absolute atomic E-state index is 0.00947. The summed E-state index contributed by atoms with van der Waals surface area (Å²) in [6, 6.07) is 14.9. The summed E-state index contributed by atoms with van der Waals surface area (Å²) in [6.45, 7) is 0.328. The molecule has 1 N–H and O–H groups in total. The minimum Gasteiger partial charge on any atom is -0.447 e. The molecule has 2 aromatic rings. The van der Waals surface area contributed by atoms with Crippen LogP contribution in [0.25, 0.3) is 0 Å². The van der Waals surface area contributed by atoms with Crippen LogP contribution in [0, 0.1) is 5.92 Å². The molecule has 1 saturated heterocycles. The monoisotopic (exact) mass is 476 g/mol. The zero-order valence-corrected chi connectivity index (χ0v) is 19.0. The van der Waals surface area contributed by atoms with Gasteiger partial charge in [0.2, 0.25) is 16.1 Å². The van der Waals surface area contributed by atoms with Crippen LogP contribution in [0.15, 0.2) is 59.5 Å². The number of carbonyl (C=O) groups excluding carboxylic acids is 2. The third-order valence-corrected chi connectivity index (χ3v) is 7.80. The minimum atomic E-state index is -3.76. The number of amides is 1. The second kappa shape index (κ2) is 9.60. The summed E-state index contributed by atoms with van der Waals surface area (Å²) in [5.41, 5.74) is 0.584. The number of hydrogen-bond donors (Lipinski definition) is 1. The summed E-state index contributed by atoms with van der Waals surface area (Å²) in [7, 11) is -3.76. The van der Waals surface area contributed by atoms with Gasteiger partial charge in [-0.25, -0.2) is 8.42 Å². The van der Waals surface area contributed by atoms with Gasteiger partial charge < -0.3 is 10.1 Å². The molecule has 1 aliphatic heterocycles. The Morgan fingerprint density at radius 2 is 1.72 bits per heavy atom. The number of carbonyl (C=O) groups is 2. The maximum Gasteiger partial charge on any atom is 0.311 e. The number of benzene rings is 2. The Kier molecular flexibility index (Phi) is 6.83. The summed E-state index contributed by atoms with van der Waals surface area (Å²) in [5.74, 6) is -1.57. The molecule has 9 heteroatoms. The van der Waals surface area contributed by atoms with Crippen molar-refractivity contribution < 1.29 is 22.7 Å². The first kappa shape index (κ1) is 22.8. The molecule has 4 rings (SSSR count). The van der Waals surface area contributed by atoms with Gasteiger partial charge in [0.25, 0.3) is 5.91 Å². The average molecular weight is 477 g/mol. The fourth-order valence-corrected chi connectivity index (χ4v) is 5.38. The topological polar surface area (TPSA) is 92.8 Å². The highest BCUT2D eigenvalue weighted by molar-refractivity contribution is 7.89. The van der Waals surface area contributed by atoms with E-state index in [1.807, 2.05) is 6.07 Å². The van der Waals surface area contributed by atoms with Gasteiger partial charge in [0.15, 0.2) is 0 Å². The van der Waals surface area contributed by atoms with Gasteiger partial charge in [0.1, 0.15) is 0 Å². The Labute approximate surface area is 192 Å². The van der Waals surface area contributed by atoms with E-state index < -0.39 is 28.0 Å². The SMILES string of the molecule is O=C(OC(C(=O)NC1CC1)c1ccccc1)C1CCCN(S(=O)(=O)c2ccc(Cl)cc2)C1. The van der Waals surface area contributed by atoms with E-state index in [2.05, 4.69) is 5.32 Å². The van der Waals surface area contributed by atoms with Crippen LogP contribution in [0.2, 0.25) is 5.02 Å². The molecule has 1 heterocycles. The highest BCUT2D eigenvalue weighted by Crippen LogP contribution is 2.28. The molecule has 0 radical (unpaired) electrons. The lowest BCUT2D eigenvalue weighted by Crippen LogP contribution is -2.43. The van der Waals surface area contributed by atoms with Crippen molar-refractivity contribution in [1.29, 1.82) is 0 Å². The molecule has 32 heavy (non-hydrogen) atoms. The number of nitrogens with zero attached hydrogens (tertiary/aromatic N) is 1. The average Bonchev–Trinajstić information content (AvgIpc) is 3.62. The van der Waals surface area contributed by atoms with Crippen molar-refractivity contribution in [1.82, 2.24) is 9.62 Å². The van der Waals surface area contributed by atoms with E-state index in [9.17, 15) is 18.0 Å². The summed E-state index contributed by atoms with van der Waals surface area (Å²) >= 11 is 5.87. The predicted molar refractivity (Wildman–Crippen MR) is 119 cm³/mol. The summed E-state index contributed by atoms with van der Waals surface area (Å²) in [4.78, 5) is 25.9. The summed E-state index contributed by atoms with van der Waals surface area (Å²) in [6.07, 6.45) is 1.80. The van der Waals surface area contributed by atoms with Gasteiger partial charge in [0.05, 0.1) is 10.8 Å². The lowest BCUT2D eigenvalue weighted by Gasteiger charge is -2.31. The Hall–Kier alpha value is -2.42. The van der Waals surface area contributed by atoms with Crippen molar-refractivity contribution in [3.63, 3.8) is 0 Å². The van der Waals surface area contributed by atoms with E-state index in [4.69, 9.17) is 16.3 Å². The molecule has 2 fully saturated rings. The maximum atomic E-state index is 13.0. The summed E-state index contributed by atoms with van der Waals surface area (Å²) < 4.78 is 33.0. The quantitative estimate of drug-likeness (QED) is 0.619. The molecule has 0 spiro atoms. The smallest absolute Gasteiger partial charge is 0.311 e. The molecule has 1 aliphatic carbocycles. The predicted octanol–water partition coefficient (Wildman–Crippen LogP) is 3.30.